The van der Waals surface area contributed by atoms with Crippen molar-refractivity contribution in [2.24, 2.45) is 0 Å². The third-order valence-corrected chi connectivity index (χ3v) is 4.88. The fraction of sp³-hybridized carbons (Fsp3) is 0.222. The first-order valence-corrected chi connectivity index (χ1v) is 8.93. The van der Waals surface area contributed by atoms with Gasteiger partial charge in [0.2, 0.25) is 5.91 Å². The minimum atomic E-state index is 0.0661. The van der Waals surface area contributed by atoms with E-state index in [1.165, 1.54) is 17.3 Å². The van der Waals surface area contributed by atoms with Crippen LogP contribution in [0, 0.1) is 0 Å². The summed E-state index contributed by atoms with van der Waals surface area (Å²) in [7, 11) is 3.52. The SMILES string of the molecule is CN(C)C(=O)CSc1nc2cc(Cl)ccc2n1Cc1ccccc1. The minimum absolute atomic E-state index is 0.0661. The van der Waals surface area contributed by atoms with Crippen molar-refractivity contribution < 1.29 is 4.79 Å². The number of rotatable bonds is 5. The Balaban J connectivity index is 1.96. The van der Waals surface area contributed by atoms with Gasteiger partial charge in [0.05, 0.1) is 23.3 Å². The fourth-order valence-corrected chi connectivity index (χ4v) is 3.52. The van der Waals surface area contributed by atoms with Gasteiger partial charge < -0.3 is 9.47 Å². The second kappa shape index (κ2) is 7.28. The van der Waals surface area contributed by atoms with E-state index < -0.39 is 0 Å². The summed E-state index contributed by atoms with van der Waals surface area (Å²) in [6.45, 7) is 0.706. The lowest BCUT2D eigenvalue weighted by molar-refractivity contribution is -0.125. The minimum Gasteiger partial charge on any atom is -0.348 e. The summed E-state index contributed by atoms with van der Waals surface area (Å²) >= 11 is 7.54. The number of imidazole rings is 1. The fourth-order valence-electron chi connectivity index (χ4n) is 2.37. The number of amides is 1. The van der Waals surface area contributed by atoms with Crippen molar-refractivity contribution >= 4 is 40.3 Å². The van der Waals surface area contributed by atoms with Gasteiger partial charge >= 0.3 is 0 Å². The maximum atomic E-state index is 11.9. The molecule has 1 heterocycles. The molecule has 0 bridgehead atoms. The predicted octanol–water partition coefficient (Wildman–Crippen LogP) is 3.92. The Morgan fingerprint density at radius 1 is 1.21 bits per heavy atom. The molecule has 124 valence electrons. The Kier molecular flexibility index (Phi) is 5.11. The van der Waals surface area contributed by atoms with E-state index in [1.807, 2.05) is 36.4 Å². The Labute approximate surface area is 150 Å². The van der Waals surface area contributed by atoms with Gasteiger partial charge in [-0.15, -0.1) is 0 Å². The zero-order valence-corrected chi connectivity index (χ0v) is 15.1. The molecule has 0 aliphatic rings. The van der Waals surface area contributed by atoms with Crippen molar-refractivity contribution in [3.05, 3.63) is 59.1 Å². The van der Waals surface area contributed by atoms with Crippen molar-refractivity contribution in [1.29, 1.82) is 0 Å². The highest BCUT2D eigenvalue weighted by atomic mass is 35.5. The standard InChI is InChI=1S/C18H18ClN3OS/c1-21(2)17(23)12-24-18-20-15-10-14(19)8-9-16(15)22(18)11-13-6-4-3-5-7-13/h3-10H,11-12H2,1-2H3. The normalized spacial score (nSPS) is 11.0. The van der Waals surface area contributed by atoms with Gasteiger partial charge in [-0.05, 0) is 23.8 Å². The van der Waals surface area contributed by atoms with Crippen LogP contribution in [-0.2, 0) is 11.3 Å². The molecule has 3 aromatic rings. The largest absolute Gasteiger partial charge is 0.348 e. The van der Waals surface area contributed by atoms with E-state index in [0.29, 0.717) is 17.3 Å². The van der Waals surface area contributed by atoms with Crippen LogP contribution in [0.2, 0.25) is 5.02 Å². The van der Waals surface area contributed by atoms with Gasteiger partial charge in [-0.1, -0.05) is 53.7 Å². The number of benzene rings is 2. The van der Waals surface area contributed by atoms with Crippen LogP contribution >= 0.6 is 23.4 Å². The zero-order chi connectivity index (χ0) is 17.1. The first-order valence-electron chi connectivity index (χ1n) is 7.57. The lowest BCUT2D eigenvalue weighted by Crippen LogP contribution is -2.23. The van der Waals surface area contributed by atoms with Gasteiger partial charge in [-0.3, -0.25) is 4.79 Å². The molecule has 0 fully saturated rings. The average molecular weight is 360 g/mol. The molecule has 6 heteroatoms. The second-order valence-electron chi connectivity index (χ2n) is 5.68. The number of carbonyl (C=O) groups is 1. The zero-order valence-electron chi connectivity index (χ0n) is 13.6. The molecule has 0 saturated carbocycles. The van der Waals surface area contributed by atoms with E-state index >= 15 is 0 Å². The predicted molar refractivity (Wildman–Crippen MR) is 99.7 cm³/mol. The van der Waals surface area contributed by atoms with Crippen molar-refractivity contribution in [3.8, 4) is 0 Å². The lowest BCUT2D eigenvalue weighted by Gasteiger charge is -2.11. The van der Waals surface area contributed by atoms with Crippen molar-refractivity contribution in [3.63, 3.8) is 0 Å². The number of nitrogens with zero attached hydrogens (tertiary/aromatic N) is 3. The molecule has 1 aromatic heterocycles. The Morgan fingerprint density at radius 2 is 1.96 bits per heavy atom. The quantitative estimate of drug-likeness (QED) is 0.648. The van der Waals surface area contributed by atoms with Gasteiger partial charge in [0.15, 0.2) is 5.16 Å². The summed E-state index contributed by atoms with van der Waals surface area (Å²) in [5, 5.41) is 1.49. The number of carbonyl (C=O) groups excluding carboxylic acids is 1. The Hall–Kier alpha value is -1.98. The summed E-state index contributed by atoms with van der Waals surface area (Å²) in [4.78, 5) is 18.2. The highest BCUT2D eigenvalue weighted by Gasteiger charge is 2.14. The number of fused-ring (bicyclic) bond motifs is 1. The first kappa shape index (κ1) is 16.9. The van der Waals surface area contributed by atoms with E-state index in [2.05, 4.69) is 21.7 Å². The molecule has 0 saturated heterocycles. The Bertz CT molecular complexity index is 861. The van der Waals surface area contributed by atoms with E-state index in [-0.39, 0.29) is 5.91 Å². The maximum Gasteiger partial charge on any atom is 0.232 e. The smallest absolute Gasteiger partial charge is 0.232 e. The van der Waals surface area contributed by atoms with Crippen molar-refractivity contribution in [1.82, 2.24) is 14.5 Å². The highest BCUT2D eigenvalue weighted by Crippen LogP contribution is 2.27. The number of halogens is 1. The lowest BCUT2D eigenvalue weighted by atomic mass is 10.2. The summed E-state index contributed by atoms with van der Waals surface area (Å²) in [5.41, 5.74) is 3.05. The highest BCUT2D eigenvalue weighted by molar-refractivity contribution is 7.99. The van der Waals surface area contributed by atoms with Gasteiger partial charge in [-0.25, -0.2) is 4.98 Å². The average Bonchev–Trinajstić information content (AvgIpc) is 2.90. The van der Waals surface area contributed by atoms with Crippen LogP contribution in [0.1, 0.15) is 5.56 Å². The Morgan fingerprint density at radius 3 is 2.67 bits per heavy atom. The molecule has 0 atom stereocenters. The first-order chi connectivity index (χ1) is 11.5. The van der Waals surface area contributed by atoms with Crippen LogP contribution in [0.5, 0.6) is 0 Å². The van der Waals surface area contributed by atoms with Gasteiger partial charge in [0, 0.05) is 19.1 Å². The van der Waals surface area contributed by atoms with Crippen molar-refractivity contribution in [2.45, 2.75) is 11.7 Å². The van der Waals surface area contributed by atoms with Crippen LogP contribution in [0.25, 0.3) is 11.0 Å². The summed E-state index contributed by atoms with van der Waals surface area (Å²) < 4.78 is 2.13. The summed E-state index contributed by atoms with van der Waals surface area (Å²) in [6.07, 6.45) is 0. The molecule has 0 unspecified atom stereocenters. The monoisotopic (exact) mass is 359 g/mol. The van der Waals surface area contributed by atoms with Crippen LogP contribution in [-0.4, -0.2) is 40.2 Å². The number of hydrogen-bond acceptors (Lipinski definition) is 3. The molecule has 1 amide bonds. The van der Waals surface area contributed by atoms with Crippen LogP contribution < -0.4 is 0 Å². The van der Waals surface area contributed by atoms with Gasteiger partial charge in [0.1, 0.15) is 0 Å². The molecule has 3 rings (SSSR count). The number of thioether (sulfide) groups is 1. The number of hydrogen-bond donors (Lipinski definition) is 0. The second-order valence-corrected chi connectivity index (χ2v) is 7.05. The van der Waals surface area contributed by atoms with Crippen LogP contribution in [0.3, 0.4) is 0 Å². The summed E-state index contributed by atoms with van der Waals surface area (Å²) in [6, 6.07) is 15.9. The molecule has 0 aliphatic heterocycles. The summed E-state index contributed by atoms with van der Waals surface area (Å²) in [5.74, 6) is 0.426. The topological polar surface area (TPSA) is 38.1 Å². The van der Waals surface area contributed by atoms with E-state index in [1.54, 1.807) is 19.0 Å². The van der Waals surface area contributed by atoms with Gasteiger partial charge in [-0.2, -0.15) is 0 Å². The molecule has 0 N–H and O–H groups in total. The molecular weight excluding hydrogens is 342 g/mol. The molecule has 0 spiro atoms. The maximum absolute atomic E-state index is 11.9. The third kappa shape index (κ3) is 3.74. The molecule has 2 aromatic carbocycles. The van der Waals surface area contributed by atoms with Crippen molar-refractivity contribution in [2.75, 3.05) is 19.8 Å². The molecule has 0 aliphatic carbocycles. The van der Waals surface area contributed by atoms with E-state index in [0.717, 1.165) is 16.2 Å². The molecule has 0 radical (unpaired) electrons. The van der Waals surface area contributed by atoms with Crippen LogP contribution in [0.4, 0.5) is 0 Å². The third-order valence-electron chi connectivity index (χ3n) is 3.68. The van der Waals surface area contributed by atoms with Gasteiger partial charge in [0.25, 0.3) is 0 Å². The van der Waals surface area contributed by atoms with Crippen LogP contribution in [0.15, 0.2) is 53.7 Å². The molecule has 24 heavy (non-hydrogen) atoms. The van der Waals surface area contributed by atoms with E-state index in [9.17, 15) is 4.79 Å². The van der Waals surface area contributed by atoms with E-state index in [4.69, 9.17) is 11.6 Å². The molecule has 4 nitrogen and oxygen atoms in total. The number of aromatic nitrogens is 2. The molecular formula is C18H18ClN3OS.